The molecule has 1 aromatic heterocycles. The monoisotopic (exact) mass is 423 g/mol. The van der Waals surface area contributed by atoms with Crippen LogP contribution >= 0.6 is 11.3 Å². The summed E-state index contributed by atoms with van der Waals surface area (Å²) in [7, 11) is 1.66. The standard InChI is InChI=1S/C23H25N3O3S/c1-28-18-8-6-17(7-9-18)20(26-12-14-29-15-13-26)16-24-22(27)10-11-23-25-19-4-2-3-5-21(19)30-23/h2-11,20H,12-16H2,1H3,(H,24,27). The molecule has 1 atom stereocenters. The number of rotatable bonds is 7. The van der Waals surface area contributed by atoms with Gasteiger partial charge in [0.15, 0.2) is 0 Å². The molecule has 0 radical (unpaired) electrons. The van der Waals surface area contributed by atoms with Crippen LogP contribution in [0.2, 0.25) is 0 Å². The lowest BCUT2D eigenvalue weighted by Gasteiger charge is -2.34. The van der Waals surface area contributed by atoms with Gasteiger partial charge in [-0.25, -0.2) is 4.98 Å². The molecule has 30 heavy (non-hydrogen) atoms. The van der Waals surface area contributed by atoms with Crippen molar-refractivity contribution >= 4 is 33.5 Å². The van der Waals surface area contributed by atoms with Crippen molar-refractivity contribution in [3.63, 3.8) is 0 Å². The van der Waals surface area contributed by atoms with Gasteiger partial charge in [-0.2, -0.15) is 0 Å². The molecule has 1 N–H and O–H groups in total. The Morgan fingerprint density at radius 1 is 1.23 bits per heavy atom. The number of carbonyl (C=O) groups is 1. The molecule has 2 heterocycles. The highest BCUT2D eigenvalue weighted by Crippen LogP contribution is 2.24. The summed E-state index contributed by atoms with van der Waals surface area (Å²) in [6, 6.07) is 16.1. The quantitative estimate of drug-likeness (QED) is 0.589. The molecular weight excluding hydrogens is 398 g/mol. The van der Waals surface area contributed by atoms with E-state index in [2.05, 4.69) is 27.3 Å². The van der Waals surface area contributed by atoms with Gasteiger partial charge >= 0.3 is 0 Å². The van der Waals surface area contributed by atoms with Crippen molar-refractivity contribution in [3.8, 4) is 5.75 Å². The van der Waals surface area contributed by atoms with E-state index in [4.69, 9.17) is 9.47 Å². The number of ether oxygens (including phenoxy) is 2. The zero-order valence-electron chi connectivity index (χ0n) is 16.9. The second-order valence-corrected chi connectivity index (χ2v) is 8.10. The highest BCUT2D eigenvalue weighted by molar-refractivity contribution is 7.19. The maximum absolute atomic E-state index is 12.5. The number of para-hydroxylation sites is 1. The van der Waals surface area contributed by atoms with Gasteiger partial charge in [-0.1, -0.05) is 24.3 Å². The van der Waals surface area contributed by atoms with Gasteiger partial charge in [0.1, 0.15) is 10.8 Å². The minimum atomic E-state index is -0.124. The van der Waals surface area contributed by atoms with E-state index in [-0.39, 0.29) is 11.9 Å². The van der Waals surface area contributed by atoms with Crippen LogP contribution in [0, 0.1) is 0 Å². The Morgan fingerprint density at radius 2 is 2.00 bits per heavy atom. The van der Waals surface area contributed by atoms with E-state index in [1.807, 2.05) is 36.4 Å². The average Bonchev–Trinajstić information content (AvgIpc) is 3.22. The van der Waals surface area contributed by atoms with E-state index < -0.39 is 0 Å². The molecular formula is C23H25N3O3S. The van der Waals surface area contributed by atoms with Crippen molar-refractivity contribution in [2.75, 3.05) is 40.0 Å². The van der Waals surface area contributed by atoms with Crippen molar-refractivity contribution in [2.45, 2.75) is 6.04 Å². The largest absolute Gasteiger partial charge is 0.497 e. The molecule has 6 nitrogen and oxygen atoms in total. The van der Waals surface area contributed by atoms with E-state index in [1.54, 1.807) is 30.6 Å². The fourth-order valence-corrected chi connectivity index (χ4v) is 4.41. The minimum Gasteiger partial charge on any atom is -0.497 e. The van der Waals surface area contributed by atoms with Crippen LogP contribution in [0.15, 0.2) is 54.6 Å². The molecule has 1 unspecified atom stereocenters. The van der Waals surface area contributed by atoms with Gasteiger partial charge in [0, 0.05) is 25.7 Å². The molecule has 3 aromatic rings. The number of hydrogen-bond donors (Lipinski definition) is 1. The van der Waals surface area contributed by atoms with Crippen molar-refractivity contribution in [1.82, 2.24) is 15.2 Å². The first kappa shape index (κ1) is 20.5. The van der Waals surface area contributed by atoms with Crippen molar-refractivity contribution < 1.29 is 14.3 Å². The fraction of sp³-hybridized carbons (Fsp3) is 0.304. The van der Waals surface area contributed by atoms with Crippen molar-refractivity contribution in [2.24, 2.45) is 0 Å². The van der Waals surface area contributed by atoms with Gasteiger partial charge < -0.3 is 14.8 Å². The van der Waals surface area contributed by atoms with Crippen LogP contribution in [0.5, 0.6) is 5.75 Å². The van der Waals surface area contributed by atoms with Crippen LogP contribution in [-0.2, 0) is 9.53 Å². The van der Waals surface area contributed by atoms with E-state index in [1.165, 1.54) is 0 Å². The molecule has 2 aromatic carbocycles. The zero-order chi connectivity index (χ0) is 20.8. The lowest BCUT2D eigenvalue weighted by molar-refractivity contribution is -0.116. The Labute approximate surface area is 180 Å². The second-order valence-electron chi connectivity index (χ2n) is 7.04. The Hall–Kier alpha value is -2.74. The summed E-state index contributed by atoms with van der Waals surface area (Å²) >= 11 is 1.57. The number of morpholine rings is 1. The number of nitrogens with one attached hydrogen (secondary N) is 1. The summed E-state index contributed by atoms with van der Waals surface area (Å²) in [5.41, 5.74) is 2.10. The molecule has 1 aliphatic rings. The Balaban J connectivity index is 1.42. The number of thiazole rings is 1. The highest BCUT2D eigenvalue weighted by Gasteiger charge is 2.23. The number of aromatic nitrogens is 1. The molecule has 7 heteroatoms. The molecule has 1 amide bonds. The van der Waals surface area contributed by atoms with Gasteiger partial charge in [0.2, 0.25) is 5.91 Å². The van der Waals surface area contributed by atoms with Crippen LogP contribution in [0.1, 0.15) is 16.6 Å². The maximum Gasteiger partial charge on any atom is 0.244 e. The molecule has 1 saturated heterocycles. The first-order valence-electron chi connectivity index (χ1n) is 10.00. The SMILES string of the molecule is COc1ccc(C(CNC(=O)C=Cc2nc3ccccc3s2)N2CCOCC2)cc1. The highest BCUT2D eigenvalue weighted by atomic mass is 32.1. The van der Waals surface area contributed by atoms with E-state index in [9.17, 15) is 4.79 Å². The Morgan fingerprint density at radius 3 is 2.73 bits per heavy atom. The van der Waals surface area contributed by atoms with Crippen LogP contribution in [-0.4, -0.2) is 55.7 Å². The number of benzene rings is 2. The number of hydrogen-bond acceptors (Lipinski definition) is 6. The minimum absolute atomic E-state index is 0.0830. The molecule has 1 aliphatic heterocycles. The second kappa shape index (κ2) is 9.84. The van der Waals surface area contributed by atoms with Crippen LogP contribution in [0.3, 0.4) is 0 Å². The molecule has 4 rings (SSSR count). The van der Waals surface area contributed by atoms with E-state index in [0.29, 0.717) is 19.8 Å². The summed E-state index contributed by atoms with van der Waals surface area (Å²) in [4.78, 5) is 19.4. The lowest BCUT2D eigenvalue weighted by atomic mass is 10.0. The van der Waals surface area contributed by atoms with Crippen molar-refractivity contribution in [3.05, 3.63) is 65.2 Å². The number of nitrogens with zero attached hydrogens (tertiary/aromatic N) is 2. The molecule has 156 valence electrons. The molecule has 0 bridgehead atoms. The van der Waals surface area contributed by atoms with Crippen molar-refractivity contribution in [1.29, 1.82) is 0 Å². The molecule has 0 spiro atoms. The summed E-state index contributed by atoms with van der Waals surface area (Å²) in [6.45, 7) is 3.62. The van der Waals surface area contributed by atoms with E-state index in [0.717, 1.165) is 39.6 Å². The first-order valence-corrected chi connectivity index (χ1v) is 10.8. The number of methoxy groups -OCH3 is 1. The zero-order valence-corrected chi connectivity index (χ0v) is 17.7. The summed E-state index contributed by atoms with van der Waals surface area (Å²) in [6.07, 6.45) is 3.33. The normalized spacial score (nSPS) is 16.0. The first-order chi connectivity index (χ1) is 14.7. The molecule has 1 fully saturated rings. The third-order valence-electron chi connectivity index (χ3n) is 5.14. The predicted molar refractivity (Wildman–Crippen MR) is 120 cm³/mol. The fourth-order valence-electron chi connectivity index (χ4n) is 3.54. The lowest BCUT2D eigenvalue weighted by Crippen LogP contribution is -2.43. The predicted octanol–water partition coefficient (Wildman–Crippen LogP) is 3.51. The van der Waals surface area contributed by atoms with Gasteiger partial charge in [-0.3, -0.25) is 9.69 Å². The van der Waals surface area contributed by atoms with Gasteiger partial charge in [0.05, 0.1) is 36.6 Å². The average molecular weight is 424 g/mol. The summed E-state index contributed by atoms with van der Waals surface area (Å²) in [5.74, 6) is 0.698. The summed E-state index contributed by atoms with van der Waals surface area (Å²) < 4.78 is 11.9. The smallest absolute Gasteiger partial charge is 0.244 e. The van der Waals surface area contributed by atoms with Gasteiger partial charge in [0.25, 0.3) is 0 Å². The van der Waals surface area contributed by atoms with E-state index >= 15 is 0 Å². The third kappa shape index (κ3) is 5.05. The number of amides is 1. The van der Waals surface area contributed by atoms with Crippen LogP contribution < -0.4 is 10.1 Å². The third-order valence-corrected chi connectivity index (χ3v) is 6.15. The number of carbonyl (C=O) groups excluding carboxylic acids is 1. The maximum atomic E-state index is 12.5. The van der Waals surface area contributed by atoms with Gasteiger partial charge in [-0.05, 0) is 35.9 Å². The summed E-state index contributed by atoms with van der Waals surface area (Å²) in [5, 5.41) is 3.87. The Kier molecular flexibility index (Phi) is 6.74. The Bertz CT molecular complexity index is 977. The number of fused-ring (bicyclic) bond motifs is 1. The molecule has 0 saturated carbocycles. The topological polar surface area (TPSA) is 63.7 Å². The molecule has 0 aliphatic carbocycles. The van der Waals surface area contributed by atoms with Crippen LogP contribution in [0.4, 0.5) is 0 Å². The van der Waals surface area contributed by atoms with Crippen LogP contribution in [0.25, 0.3) is 16.3 Å². The van der Waals surface area contributed by atoms with Gasteiger partial charge in [-0.15, -0.1) is 11.3 Å².